The van der Waals surface area contributed by atoms with E-state index in [1.165, 1.54) is 0 Å². The van der Waals surface area contributed by atoms with Gasteiger partial charge in [0, 0.05) is 18.2 Å². The van der Waals surface area contributed by atoms with Gasteiger partial charge in [-0.25, -0.2) is 8.42 Å². The highest BCUT2D eigenvalue weighted by atomic mass is 32.2. The van der Waals surface area contributed by atoms with Crippen molar-refractivity contribution in [2.24, 2.45) is 17.6 Å². The standard InChI is InChI=1S/C12H24N2O3S/c1-2-18(16,17)8-7-14-12(15)11-5-3-10(9-13)4-6-11/h10-11H,2-9,13H2,1H3,(H,14,15). The molecule has 0 unspecified atom stereocenters. The minimum atomic E-state index is -2.99. The van der Waals surface area contributed by atoms with Gasteiger partial charge in [-0.15, -0.1) is 0 Å². The smallest absolute Gasteiger partial charge is 0.223 e. The van der Waals surface area contributed by atoms with E-state index in [-0.39, 0.29) is 29.9 Å². The molecule has 0 aromatic rings. The summed E-state index contributed by atoms with van der Waals surface area (Å²) in [5.41, 5.74) is 5.60. The number of nitrogens with two attached hydrogens (primary N) is 1. The van der Waals surface area contributed by atoms with E-state index in [1.807, 2.05) is 0 Å². The van der Waals surface area contributed by atoms with Gasteiger partial charge in [-0.05, 0) is 38.1 Å². The van der Waals surface area contributed by atoms with Gasteiger partial charge in [0.15, 0.2) is 9.84 Å². The summed E-state index contributed by atoms with van der Waals surface area (Å²) in [5, 5.41) is 2.73. The Balaban J connectivity index is 2.26. The lowest BCUT2D eigenvalue weighted by atomic mass is 9.81. The third kappa shape index (κ3) is 4.94. The zero-order valence-corrected chi connectivity index (χ0v) is 11.8. The van der Waals surface area contributed by atoms with E-state index in [1.54, 1.807) is 6.92 Å². The Morgan fingerprint density at radius 1 is 1.28 bits per heavy atom. The van der Waals surface area contributed by atoms with Crippen molar-refractivity contribution in [2.75, 3.05) is 24.6 Å². The summed E-state index contributed by atoms with van der Waals surface area (Å²) in [7, 11) is -2.99. The van der Waals surface area contributed by atoms with Crippen molar-refractivity contribution >= 4 is 15.7 Å². The van der Waals surface area contributed by atoms with Crippen LogP contribution in [0.5, 0.6) is 0 Å². The van der Waals surface area contributed by atoms with Crippen molar-refractivity contribution in [3.8, 4) is 0 Å². The molecule has 0 radical (unpaired) electrons. The molecule has 1 amide bonds. The molecule has 0 aromatic carbocycles. The second-order valence-electron chi connectivity index (χ2n) is 4.98. The maximum Gasteiger partial charge on any atom is 0.223 e. The van der Waals surface area contributed by atoms with E-state index >= 15 is 0 Å². The summed E-state index contributed by atoms with van der Waals surface area (Å²) in [5.74, 6) is 0.751. The van der Waals surface area contributed by atoms with E-state index in [9.17, 15) is 13.2 Å². The monoisotopic (exact) mass is 276 g/mol. The first-order chi connectivity index (χ1) is 8.48. The van der Waals surface area contributed by atoms with E-state index in [0.717, 1.165) is 25.7 Å². The molecule has 6 heteroatoms. The van der Waals surface area contributed by atoms with Gasteiger partial charge in [-0.3, -0.25) is 4.79 Å². The third-order valence-electron chi connectivity index (χ3n) is 3.70. The van der Waals surface area contributed by atoms with Crippen LogP contribution in [0.3, 0.4) is 0 Å². The van der Waals surface area contributed by atoms with Gasteiger partial charge < -0.3 is 11.1 Å². The lowest BCUT2D eigenvalue weighted by Gasteiger charge is -2.26. The van der Waals surface area contributed by atoms with Crippen LogP contribution in [0.25, 0.3) is 0 Å². The predicted molar refractivity (Wildman–Crippen MR) is 71.8 cm³/mol. The van der Waals surface area contributed by atoms with Crippen molar-refractivity contribution in [1.82, 2.24) is 5.32 Å². The molecule has 1 fully saturated rings. The molecule has 0 bridgehead atoms. The molecule has 1 aliphatic rings. The summed E-state index contributed by atoms with van der Waals surface area (Å²) in [6.45, 7) is 2.54. The number of carbonyl (C=O) groups excluding carboxylic acids is 1. The highest BCUT2D eigenvalue weighted by Crippen LogP contribution is 2.27. The van der Waals surface area contributed by atoms with E-state index in [0.29, 0.717) is 12.5 Å². The van der Waals surface area contributed by atoms with E-state index in [4.69, 9.17) is 5.73 Å². The fourth-order valence-corrected chi connectivity index (χ4v) is 2.98. The number of nitrogens with one attached hydrogen (secondary N) is 1. The fraction of sp³-hybridized carbons (Fsp3) is 0.917. The fourth-order valence-electron chi connectivity index (χ4n) is 2.28. The quantitative estimate of drug-likeness (QED) is 0.730. The molecule has 1 aliphatic carbocycles. The number of hydrogen-bond donors (Lipinski definition) is 2. The van der Waals surface area contributed by atoms with Crippen molar-refractivity contribution in [3.63, 3.8) is 0 Å². The molecule has 0 aromatic heterocycles. The van der Waals surface area contributed by atoms with Crippen molar-refractivity contribution in [2.45, 2.75) is 32.6 Å². The second-order valence-corrected chi connectivity index (χ2v) is 7.45. The van der Waals surface area contributed by atoms with Crippen LogP contribution in [-0.4, -0.2) is 38.9 Å². The Morgan fingerprint density at radius 3 is 2.39 bits per heavy atom. The van der Waals surface area contributed by atoms with Crippen LogP contribution < -0.4 is 11.1 Å². The Bertz CT molecular complexity index is 360. The molecule has 18 heavy (non-hydrogen) atoms. The summed E-state index contributed by atoms with van der Waals surface area (Å²) in [6, 6.07) is 0. The predicted octanol–water partition coefficient (Wildman–Crippen LogP) is 0.302. The van der Waals surface area contributed by atoms with Crippen LogP contribution in [0, 0.1) is 11.8 Å². The zero-order chi connectivity index (χ0) is 13.6. The van der Waals surface area contributed by atoms with Crippen molar-refractivity contribution in [3.05, 3.63) is 0 Å². The largest absolute Gasteiger partial charge is 0.355 e. The maximum absolute atomic E-state index is 11.8. The molecule has 0 atom stereocenters. The summed E-state index contributed by atoms with van der Waals surface area (Å²) >= 11 is 0. The molecule has 106 valence electrons. The molecule has 0 saturated heterocycles. The van der Waals surface area contributed by atoms with Crippen molar-refractivity contribution in [1.29, 1.82) is 0 Å². The Kier molecular flexibility index (Phi) is 6.08. The molecular formula is C12H24N2O3S. The lowest BCUT2D eigenvalue weighted by molar-refractivity contribution is -0.126. The van der Waals surface area contributed by atoms with Gasteiger partial charge in [-0.2, -0.15) is 0 Å². The van der Waals surface area contributed by atoms with Gasteiger partial charge in [0.1, 0.15) is 0 Å². The zero-order valence-electron chi connectivity index (χ0n) is 11.0. The minimum Gasteiger partial charge on any atom is -0.355 e. The Labute approximate surface area is 109 Å². The SMILES string of the molecule is CCS(=O)(=O)CCNC(=O)C1CCC(CN)CC1. The first-order valence-corrected chi connectivity index (χ1v) is 8.49. The lowest BCUT2D eigenvalue weighted by Crippen LogP contribution is -2.36. The van der Waals surface area contributed by atoms with Gasteiger partial charge in [-0.1, -0.05) is 6.92 Å². The number of sulfone groups is 1. The first-order valence-electron chi connectivity index (χ1n) is 6.66. The van der Waals surface area contributed by atoms with Crippen LogP contribution >= 0.6 is 0 Å². The summed E-state index contributed by atoms with van der Waals surface area (Å²) in [6.07, 6.45) is 3.74. The van der Waals surface area contributed by atoms with Gasteiger partial charge >= 0.3 is 0 Å². The van der Waals surface area contributed by atoms with Gasteiger partial charge in [0.25, 0.3) is 0 Å². The normalized spacial score (nSPS) is 24.8. The van der Waals surface area contributed by atoms with E-state index < -0.39 is 9.84 Å². The average molecular weight is 276 g/mol. The molecule has 1 rings (SSSR count). The van der Waals surface area contributed by atoms with Gasteiger partial charge in [0.05, 0.1) is 5.75 Å². The third-order valence-corrected chi connectivity index (χ3v) is 5.41. The molecular weight excluding hydrogens is 252 g/mol. The van der Waals surface area contributed by atoms with E-state index in [2.05, 4.69) is 5.32 Å². The highest BCUT2D eigenvalue weighted by molar-refractivity contribution is 7.91. The highest BCUT2D eigenvalue weighted by Gasteiger charge is 2.25. The van der Waals surface area contributed by atoms with Crippen LogP contribution in [-0.2, 0) is 14.6 Å². The maximum atomic E-state index is 11.8. The topological polar surface area (TPSA) is 89.3 Å². The van der Waals surface area contributed by atoms with Crippen LogP contribution in [0.2, 0.25) is 0 Å². The van der Waals surface area contributed by atoms with Crippen LogP contribution in [0.4, 0.5) is 0 Å². The molecule has 5 nitrogen and oxygen atoms in total. The molecule has 0 spiro atoms. The molecule has 0 aliphatic heterocycles. The molecule has 0 heterocycles. The summed E-state index contributed by atoms with van der Waals surface area (Å²) < 4.78 is 22.5. The minimum absolute atomic E-state index is 0.00299. The molecule has 3 N–H and O–H groups in total. The second kappa shape index (κ2) is 7.09. The molecule has 1 saturated carbocycles. The van der Waals surface area contributed by atoms with Crippen molar-refractivity contribution < 1.29 is 13.2 Å². The number of amides is 1. The summed E-state index contributed by atoms with van der Waals surface area (Å²) in [4.78, 5) is 11.8. The number of hydrogen-bond acceptors (Lipinski definition) is 4. The number of carbonyl (C=O) groups is 1. The first kappa shape index (κ1) is 15.4. The Morgan fingerprint density at radius 2 is 1.89 bits per heavy atom. The Hall–Kier alpha value is -0.620. The van der Waals surface area contributed by atoms with Gasteiger partial charge in [0.2, 0.25) is 5.91 Å². The van der Waals surface area contributed by atoms with Crippen LogP contribution in [0.1, 0.15) is 32.6 Å². The number of rotatable bonds is 6. The van der Waals surface area contributed by atoms with Crippen LogP contribution in [0.15, 0.2) is 0 Å². The average Bonchev–Trinajstić information content (AvgIpc) is 2.38.